The van der Waals surface area contributed by atoms with Gasteiger partial charge in [0, 0.05) is 25.5 Å². The molecule has 1 heterocycles. The molecule has 2 rings (SSSR count). The lowest BCUT2D eigenvalue weighted by Gasteiger charge is -2.16. The van der Waals surface area contributed by atoms with Crippen molar-refractivity contribution in [3.8, 4) is 0 Å². The minimum Gasteiger partial charge on any atom is -0.344 e. The van der Waals surface area contributed by atoms with E-state index in [1.807, 2.05) is 44.0 Å². The van der Waals surface area contributed by atoms with Gasteiger partial charge in [0.25, 0.3) is 5.91 Å². The number of nitrogens with one attached hydrogen (secondary N) is 1. The van der Waals surface area contributed by atoms with Gasteiger partial charge in [-0.05, 0) is 38.0 Å². The predicted molar refractivity (Wildman–Crippen MR) is 94.1 cm³/mol. The molecule has 0 spiro atoms. The summed E-state index contributed by atoms with van der Waals surface area (Å²) in [5.41, 5.74) is 3.38. The van der Waals surface area contributed by atoms with Crippen molar-refractivity contribution in [2.45, 2.75) is 33.6 Å². The molecule has 0 aliphatic rings. The van der Waals surface area contributed by atoms with Gasteiger partial charge < -0.3 is 10.2 Å². The van der Waals surface area contributed by atoms with Gasteiger partial charge in [0.15, 0.2) is 0 Å². The van der Waals surface area contributed by atoms with E-state index in [-0.39, 0.29) is 5.91 Å². The SMILES string of the molecule is CCCCN(C)c1nccc(C(=O)Nc2ccc(C)cc2C)n1. The van der Waals surface area contributed by atoms with E-state index in [4.69, 9.17) is 0 Å². The Bertz CT molecular complexity index is 684. The van der Waals surface area contributed by atoms with Crippen molar-refractivity contribution in [3.63, 3.8) is 0 Å². The monoisotopic (exact) mass is 312 g/mol. The molecule has 0 bridgehead atoms. The van der Waals surface area contributed by atoms with Crippen LogP contribution in [0.2, 0.25) is 0 Å². The molecule has 5 nitrogen and oxygen atoms in total. The van der Waals surface area contributed by atoms with Gasteiger partial charge in [0.1, 0.15) is 5.69 Å². The summed E-state index contributed by atoms with van der Waals surface area (Å²) in [6.45, 7) is 7.02. The van der Waals surface area contributed by atoms with Crippen molar-refractivity contribution < 1.29 is 4.79 Å². The Kier molecular flexibility index (Phi) is 5.68. The molecule has 0 aliphatic heterocycles. The largest absolute Gasteiger partial charge is 0.344 e. The molecule has 5 heteroatoms. The summed E-state index contributed by atoms with van der Waals surface area (Å²) in [6, 6.07) is 7.57. The molecule has 0 saturated carbocycles. The lowest BCUT2D eigenvalue weighted by molar-refractivity contribution is 0.102. The number of rotatable bonds is 6. The second-order valence-corrected chi connectivity index (χ2v) is 5.79. The van der Waals surface area contributed by atoms with E-state index >= 15 is 0 Å². The number of amides is 1. The first-order valence-corrected chi connectivity index (χ1v) is 7.94. The number of carbonyl (C=O) groups excluding carboxylic acids is 1. The molecule has 0 atom stereocenters. The van der Waals surface area contributed by atoms with Crippen LogP contribution in [-0.4, -0.2) is 29.5 Å². The highest BCUT2D eigenvalue weighted by atomic mass is 16.1. The second-order valence-electron chi connectivity index (χ2n) is 5.79. The topological polar surface area (TPSA) is 58.1 Å². The van der Waals surface area contributed by atoms with E-state index in [0.29, 0.717) is 11.6 Å². The van der Waals surface area contributed by atoms with Crippen LogP contribution in [-0.2, 0) is 0 Å². The van der Waals surface area contributed by atoms with E-state index in [0.717, 1.165) is 30.6 Å². The summed E-state index contributed by atoms with van der Waals surface area (Å²) in [4.78, 5) is 23.0. The van der Waals surface area contributed by atoms with Crippen LogP contribution in [0.25, 0.3) is 0 Å². The van der Waals surface area contributed by atoms with E-state index in [9.17, 15) is 4.79 Å². The Balaban J connectivity index is 2.13. The maximum atomic E-state index is 12.4. The normalized spacial score (nSPS) is 10.4. The molecule has 1 N–H and O–H groups in total. The van der Waals surface area contributed by atoms with Crippen molar-refractivity contribution in [2.75, 3.05) is 23.8 Å². The van der Waals surface area contributed by atoms with Gasteiger partial charge in [-0.25, -0.2) is 9.97 Å². The summed E-state index contributed by atoms with van der Waals surface area (Å²) >= 11 is 0. The van der Waals surface area contributed by atoms with Gasteiger partial charge in [-0.3, -0.25) is 4.79 Å². The van der Waals surface area contributed by atoms with Crippen LogP contribution in [0.1, 0.15) is 41.4 Å². The molecule has 0 fully saturated rings. The summed E-state index contributed by atoms with van der Waals surface area (Å²) in [6.07, 6.45) is 3.80. The van der Waals surface area contributed by atoms with Crippen molar-refractivity contribution in [3.05, 3.63) is 47.3 Å². The Morgan fingerprint density at radius 2 is 2.04 bits per heavy atom. The molecule has 0 unspecified atom stereocenters. The van der Waals surface area contributed by atoms with E-state index in [1.54, 1.807) is 12.3 Å². The van der Waals surface area contributed by atoms with Crippen LogP contribution in [0.5, 0.6) is 0 Å². The van der Waals surface area contributed by atoms with Crippen molar-refractivity contribution in [2.24, 2.45) is 0 Å². The van der Waals surface area contributed by atoms with E-state index in [2.05, 4.69) is 22.2 Å². The van der Waals surface area contributed by atoms with Crippen molar-refractivity contribution in [1.82, 2.24) is 9.97 Å². The van der Waals surface area contributed by atoms with Crippen LogP contribution in [0.3, 0.4) is 0 Å². The molecular formula is C18H24N4O. The van der Waals surface area contributed by atoms with Gasteiger partial charge in [-0.2, -0.15) is 0 Å². The zero-order valence-electron chi connectivity index (χ0n) is 14.3. The first-order chi connectivity index (χ1) is 11.0. The maximum absolute atomic E-state index is 12.4. The Hall–Kier alpha value is -2.43. The van der Waals surface area contributed by atoms with Crippen LogP contribution in [0, 0.1) is 13.8 Å². The van der Waals surface area contributed by atoms with Crippen molar-refractivity contribution in [1.29, 1.82) is 0 Å². The second kappa shape index (κ2) is 7.72. The van der Waals surface area contributed by atoms with Crippen LogP contribution in [0.4, 0.5) is 11.6 Å². The lowest BCUT2D eigenvalue weighted by Crippen LogP contribution is -2.23. The molecule has 1 amide bonds. The van der Waals surface area contributed by atoms with Gasteiger partial charge in [-0.15, -0.1) is 0 Å². The fourth-order valence-corrected chi connectivity index (χ4v) is 2.29. The van der Waals surface area contributed by atoms with Gasteiger partial charge in [-0.1, -0.05) is 31.0 Å². The zero-order chi connectivity index (χ0) is 16.8. The average molecular weight is 312 g/mol. The van der Waals surface area contributed by atoms with Crippen LogP contribution >= 0.6 is 0 Å². The highest BCUT2D eigenvalue weighted by Gasteiger charge is 2.12. The van der Waals surface area contributed by atoms with Crippen LogP contribution in [0.15, 0.2) is 30.5 Å². The number of benzene rings is 1. The van der Waals surface area contributed by atoms with E-state index in [1.165, 1.54) is 5.56 Å². The third kappa shape index (κ3) is 4.52. The standard InChI is InChI=1S/C18H24N4O/c1-5-6-11-22(4)18-19-10-9-16(21-18)17(23)20-15-8-7-13(2)12-14(15)3/h7-10,12H,5-6,11H2,1-4H3,(H,20,23). The quantitative estimate of drug-likeness (QED) is 0.885. The molecular weight excluding hydrogens is 288 g/mol. The minimum absolute atomic E-state index is 0.218. The lowest BCUT2D eigenvalue weighted by atomic mass is 10.1. The highest BCUT2D eigenvalue weighted by molar-refractivity contribution is 6.03. The number of aromatic nitrogens is 2. The first-order valence-electron chi connectivity index (χ1n) is 7.94. The third-order valence-electron chi connectivity index (χ3n) is 3.69. The minimum atomic E-state index is -0.218. The summed E-state index contributed by atoms with van der Waals surface area (Å²) in [7, 11) is 1.94. The third-order valence-corrected chi connectivity index (χ3v) is 3.69. The molecule has 23 heavy (non-hydrogen) atoms. The number of aryl methyl sites for hydroxylation is 2. The Morgan fingerprint density at radius 3 is 2.74 bits per heavy atom. The Labute approximate surface area is 137 Å². The van der Waals surface area contributed by atoms with Crippen molar-refractivity contribution >= 4 is 17.5 Å². The van der Waals surface area contributed by atoms with Gasteiger partial charge >= 0.3 is 0 Å². The van der Waals surface area contributed by atoms with E-state index < -0.39 is 0 Å². The fraction of sp³-hybridized carbons (Fsp3) is 0.389. The van der Waals surface area contributed by atoms with Crippen LogP contribution < -0.4 is 10.2 Å². The molecule has 0 aliphatic carbocycles. The number of anilines is 2. The molecule has 122 valence electrons. The number of unbranched alkanes of at least 4 members (excludes halogenated alkanes) is 1. The number of nitrogens with zero attached hydrogens (tertiary/aromatic N) is 3. The average Bonchev–Trinajstić information content (AvgIpc) is 2.55. The molecule has 1 aromatic heterocycles. The molecule has 2 aromatic rings. The molecule has 0 radical (unpaired) electrons. The number of hydrogen-bond acceptors (Lipinski definition) is 4. The number of carbonyl (C=O) groups is 1. The Morgan fingerprint density at radius 1 is 1.26 bits per heavy atom. The van der Waals surface area contributed by atoms with Gasteiger partial charge in [0.05, 0.1) is 0 Å². The smallest absolute Gasteiger partial charge is 0.274 e. The molecule has 0 saturated heterocycles. The fourth-order valence-electron chi connectivity index (χ4n) is 2.29. The number of hydrogen-bond donors (Lipinski definition) is 1. The maximum Gasteiger partial charge on any atom is 0.274 e. The summed E-state index contributed by atoms with van der Waals surface area (Å²) in [5, 5.41) is 2.92. The van der Waals surface area contributed by atoms with Gasteiger partial charge in [0.2, 0.25) is 5.95 Å². The molecule has 1 aromatic carbocycles. The predicted octanol–water partition coefficient (Wildman–Crippen LogP) is 3.58. The first kappa shape index (κ1) is 16.9. The highest BCUT2D eigenvalue weighted by Crippen LogP contribution is 2.17. The summed E-state index contributed by atoms with van der Waals surface area (Å²) in [5.74, 6) is 0.358. The zero-order valence-corrected chi connectivity index (χ0v) is 14.3. The summed E-state index contributed by atoms with van der Waals surface area (Å²) < 4.78 is 0.